The number of aromatic nitrogens is 3. The molecule has 10 heteroatoms. The van der Waals surface area contributed by atoms with E-state index >= 15 is 4.39 Å². The Morgan fingerprint density at radius 2 is 2.09 bits per heavy atom. The highest BCUT2D eigenvalue weighted by Crippen LogP contribution is 2.44. The number of hydrogen-bond acceptors (Lipinski definition) is 5. The molecule has 168 valence electrons. The number of ether oxygens (including phenoxy) is 1. The van der Waals surface area contributed by atoms with Gasteiger partial charge in [0.25, 0.3) is 5.91 Å². The number of carbonyl (C=O) groups is 1. The first-order valence-electron chi connectivity index (χ1n) is 10.5. The minimum absolute atomic E-state index is 0.0945. The third kappa shape index (κ3) is 2.97. The number of imidazole rings is 1. The van der Waals surface area contributed by atoms with Crippen LogP contribution in [0.15, 0.2) is 41.3 Å². The van der Waals surface area contributed by atoms with E-state index in [-0.39, 0.29) is 29.8 Å². The molecular weight excluding hydrogens is 496 g/mol. The first kappa shape index (κ1) is 20.5. The van der Waals surface area contributed by atoms with Crippen LogP contribution in [0.1, 0.15) is 34.5 Å². The number of nitrogens with two attached hydrogens (primary N) is 1. The molecule has 4 aromatic rings. The van der Waals surface area contributed by atoms with Crippen LogP contribution >= 0.6 is 15.9 Å². The Bertz CT molecular complexity index is 1470. The predicted octanol–water partition coefficient (Wildman–Crippen LogP) is 4.03. The fourth-order valence-corrected chi connectivity index (χ4v) is 5.43. The lowest BCUT2D eigenvalue weighted by molar-refractivity contribution is -0.0938. The van der Waals surface area contributed by atoms with Crippen LogP contribution in [0.2, 0.25) is 0 Å². The third-order valence-corrected chi connectivity index (χ3v) is 7.07. The van der Waals surface area contributed by atoms with Crippen LogP contribution in [0, 0.1) is 11.6 Å². The first-order valence-corrected chi connectivity index (χ1v) is 11.3. The van der Waals surface area contributed by atoms with Crippen LogP contribution in [0.5, 0.6) is 0 Å². The van der Waals surface area contributed by atoms with Crippen LogP contribution in [-0.4, -0.2) is 43.9 Å². The lowest BCUT2D eigenvalue weighted by atomic mass is 10.0. The monoisotopic (exact) mass is 513 g/mol. The van der Waals surface area contributed by atoms with E-state index in [0.29, 0.717) is 38.6 Å². The van der Waals surface area contributed by atoms with E-state index in [1.54, 1.807) is 34.0 Å². The van der Waals surface area contributed by atoms with E-state index in [1.807, 2.05) is 6.92 Å². The van der Waals surface area contributed by atoms with Gasteiger partial charge in [-0.3, -0.25) is 9.20 Å². The summed E-state index contributed by atoms with van der Waals surface area (Å²) < 4.78 is 38.1. The molecule has 3 heterocycles. The highest BCUT2D eigenvalue weighted by molar-refractivity contribution is 9.10. The van der Waals surface area contributed by atoms with Crippen molar-refractivity contribution in [2.75, 3.05) is 12.3 Å². The Morgan fingerprint density at radius 1 is 1.27 bits per heavy atom. The zero-order valence-electron chi connectivity index (χ0n) is 17.4. The van der Waals surface area contributed by atoms with Gasteiger partial charge >= 0.3 is 0 Å². The van der Waals surface area contributed by atoms with Crippen LogP contribution in [0.4, 0.5) is 14.6 Å². The molecule has 2 aromatic heterocycles. The number of fused-ring (bicyclic) bond motifs is 6. The van der Waals surface area contributed by atoms with Crippen LogP contribution in [-0.2, 0) is 11.2 Å². The van der Waals surface area contributed by atoms with E-state index < -0.39 is 23.9 Å². The number of hydrogen-bond donors (Lipinski definition) is 1. The minimum atomic E-state index is -0.699. The average molecular weight is 514 g/mol. The molecule has 2 N–H and O–H groups in total. The SMILES string of the molecule is C[C@H]1CN(C(=O)c2cc3c(cc2F)nc(N)c2cncn23)[C@H]2c3ccc(Br)c(F)c3C[C@H]2O1. The highest BCUT2D eigenvalue weighted by atomic mass is 79.9. The Labute approximate surface area is 195 Å². The van der Waals surface area contributed by atoms with Crippen molar-refractivity contribution in [3.05, 3.63) is 69.6 Å². The lowest BCUT2D eigenvalue weighted by Gasteiger charge is -2.41. The normalized spacial score (nSPS) is 22.1. The largest absolute Gasteiger partial charge is 0.382 e. The summed E-state index contributed by atoms with van der Waals surface area (Å²) in [5.74, 6) is -1.32. The molecule has 0 spiro atoms. The standard InChI is InChI=1S/C23H18BrF2N5O2/c1-10-8-30(21-11-2-3-14(24)20(26)12(11)5-19(21)33-10)23(32)13-4-17-16(6-15(13)25)29-22(27)18-7-28-9-31(17)18/h2-4,6-7,9-10,19,21H,5,8H2,1H3,(H2,27,29)/t10-,19+,21-/m0/s1. The Kier molecular flexibility index (Phi) is 4.47. The number of nitrogen functional groups attached to an aromatic ring is 1. The molecule has 1 amide bonds. The van der Waals surface area contributed by atoms with Gasteiger partial charge in [0, 0.05) is 19.0 Å². The highest BCUT2D eigenvalue weighted by Gasteiger charge is 2.46. The van der Waals surface area contributed by atoms with E-state index in [2.05, 4.69) is 25.9 Å². The van der Waals surface area contributed by atoms with Crippen molar-refractivity contribution in [3.8, 4) is 0 Å². The molecule has 3 atom stereocenters. The second-order valence-corrected chi connectivity index (χ2v) is 9.34. The van der Waals surface area contributed by atoms with Gasteiger partial charge in [-0.05, 0) is 46.1 Å². The molecule has 1 saturated heterocycles. The molecule has 0 bridgehead atoms. The molecule has 0 unspecified atom stereocenters. The van der Waals surface area contributed by atoms with Gasteiger partial charge in [-0.25, -0.2) is 18.7 Å². The van der Waals surface area contributed by atoms with Gasteiger partial charge in [0.15, 0.2) is 0 Å². The van der Waals surface area contributed by atoms with Gasteiger partial charge in [-0.1, -0.05) is 6.07 Å². The Hall–Kier alpha value is -3.11. The number of nitrogens with zero attached hydrogens (tertiary/aromatic N) is 4. The molecule has 2 aliphatic rings. The smallest absolute Gasteiger partial charge is 0.257 e. The maximum Gasteiger partial charge on any atom is 0.257 e. The number of amides is 1. The zero-order valence-corrected chi connectivity index (χ0v) is 19.0. The summed E-state index contributed by atoms with van der Waals surface area (Å²) in [6, 6.07) is 5.60. The van der Waals surface area contributed by atoms with Crippen LogP contribution in [0.25, 0.3) is 16.6 Å². The van der Waals surface area contributed by atoms with Gasteiger partial charge in [0.05, 0.1) is 51.8 Å². The molecule has 0 saturated carbocycles. The predicted molar refractivity (Wildman–Crippen MR) is 121 cm³/mol. The van der Waals surface area contributed by atoms with Crippen molar-refractivity contribution in [3.63, 3.8) is 0 Å². The van der Waals surface area contributed by atoms with Crippen LogP contribution in [0.3, 0.4) is 0 Å². The fraction of sp³-hybridized carbons (Fsp3) is 0.261. The molecule has 0 radical (unpaired) electrons. The summed E-state index contributed by atoms with van der Waals surface area (Å²) in [4.78, 5) is 23.6. The topological polar surface area (TPSA) is 85.8 Å². The van der Waals surface area contributed by atoms with Crippen molar-refractivity contribution < 1.29 is 18.3 Å². The van der Waals surface area contributed by atoms with Gasteiger partial charge in [0.2, 0.25) is 0 Å². The van der Waals surface area contributed by atoms with Gasteiger partial charge in [0.1, 0.15) is 23.0 Å². The van der Waals surface area contributed by atoms with Gasteiger partial charge in [-0.15, -0.1) is 0 Å². The van der Waals surface area contributed by atoms with E-state index in [9.17, 15) is 9.18 Å². The molecular formula is C23H18BrF2N5O2. The molecule has 1 aliphatic carbocycles. The molecule has 1 aliphatic heterocycles. The lowest BCUT2D eigenvalue weighted by Crippen LogP contribution is -2.50. The summed E-state index contributed by atoms with van der Waals surface area (Å²) in [7, 11) is 0. The maximum atomic E-state index is 15.2. The summed E-state index contributed by atoms with van der Waals surface area (Å²) in [6.07, 6.45) is 2.77. The second-order valence-electron chi connectivity index (χ2n) is 8.49. The number of rotatable bonds is 1. The summed E-state index contributed by atoms with van der Waals surface area (Å²) in [6.45, 7) is 2.11. The van der Waals surface area contributed by atoms with E-state index in [1.165, 1.54) is 12.1 Å². The Balaban J connectivity index is 1.48. The fourth-order valence-electron chi connectivity index (χ4n) is 5.05. The quantitative estimate of drug-likeness (QED) is 0.415. The van der Waals surface area contributed by atoms with E-state index in [4.69, 9.17) is 10.5 Å². The molecule has 7 nitrogen and oxygen atoms in total. The maximum absolute atomic E-state index is 15.2. The number of benzene rings is 2. The zero-order chi connectivity index (χ0) is 23.0. The van der Waals surface area contributed by atoms with E-state index in [0.717, 1.165) is 0 Å². The van der Waals surface area contributed by atoms with Crippen molar-refractivity contribution in [2.45, 2.75) is 31.6 Å². The average Bonchev–Trinajstić information content (AvgIpc) is 3.41. The van der Waals surface area contributed by atoms with Crippen molar-refractivity contribution >= 4 is 44.2 Å². The number of halogens is 3. The van der Waals surface area contributed by atoms with Gasteiger partial charge in [-0.2, -0.15) is 0 Å². The Morgan fingerprint density at radius 3 is 2.91 bits per heavy atom. The minimum Gasteiger partial charge on any atom is -0.382 e. The number of carbonyl (C=O) groups excluding carboxylic acids is 1. The first-order chi connectivity index (χ1) is 15.8. The van der Waals surface area contributed by atoms with Crippen molar-refractivity contribution in [1.29, 1.82) is 0 Å². The number of anilines is 1. The van der Waals surface area contributed by atoms with Gasteiger partial charge < -0.3 is 15.4 Å². The third-order valence-electron chi connectivity index (χ3n) is 6.46. The molecule has 1 fully saturated rings. The second kappa shape index (κ2) is 7.19. The number of morpholine rings is 1. The van der Waals surface area contributed by atoms with Crippen LogP contribution < -0.4 is 5.73 Å². The summed E-state index contributed by atoms with van der Waals surface area (Å²) in [5, 5.41) is 0. The summed E-state index contributed by atoms with van der Waals surface area (Å²) >= 11 is 3.23. The molecule has 2 aromatic carbocycles. The molecule has 6 rings (SSSR count). The molecule has 33 heavy (non-hydrogen) atoms. The van der Waals surface area contributed by atoms with Crippen molar-refractivity contribution in [2.24, 2.45) is 0 Å². The summed E-state index contributed by atoms with van der Waals surface area (Å²) in [5.41, 5.74) is 8.47. The van der Waals surface area contributed by atoms with Crippen molar-refractivity contribution in [1.82, 2.24) is 19.3 Å².